The molecule has 0 saturated carbocycles. The molecule has 0 aromatic heterocycles. The van der Waals surface area contributed by atoms with E-state index in [-0.39, 0.29) is 24.7 Å². The molecule has 2 rings (SSSR count). The average molecular weight is 265 g/mol. The van der Waals surface area contributed by atoms with Crippen molar-refractivity contribution in [2.24, 2.45) is 0 Å². The summed E-state index contributed by atoms with van der Waals surface area (Å²) in [7, 11) is 0. The summed E-state index contributed by atoms with van der Waals surface area (Å²) < 4.78 is 0. The number of hydrogen-bond acceptors (Lipinski definition) is 5. The fraction of sp³-hybridized carbons (Fsp3) is 0.417. The van der Waals surface area contributed by atoms with Crippen LogP contribution in [0, 0.1) is 10.1 Å². The van der Waals surface area contributed by atoms with E-state index >= 15 is 0 Å². The number of nitro benzene ring substituents is 1. The Labute approximate surface area is 110 Å². The largest absolute Gasteiger partial charge is 0.395 e. The zero-order chi connectivity index (χ0) is 13.8. The van der Waals surface area contributed by atoms with Crippen molar-refractivity contribution in [3.8, 4) is 0 Å². The Morgan fingerprint density at radius 2 is 2.32 bits per heavy atom. The summed E-state index contributed by atoms with van der Waals surface area (Å²) in [4.78, 5) is 23.8. The van der Waals surface area contributed by atoms with E-state index in [1.807, 2.05) is 0 Å². The van der Waals surface area contributed by atoms with Crippen LogP contribution in [0.2, 0.25) is 0 Å². The molecule has 1 heterocycles. The van der Waals surface area contributed by atoms with Gasteiger partial charge >= 0.3 is 0 Å². The Balaban J connectivity index is 2.09. The van der Waals surface area contributed by atoms with Crippen molar-refractivity contribution in [1.82, 2.24) is 5.32 Å². The second-order valence-corrected chi connectivity index (χ2v) is 4.27. The molecule has 0 fully saturated rings. The number of benzene rings is 1. The number of carbonyl (C=O) groups is 1. The number of nitrogens with one attached hydrogen (secondary N) is 1. The van der Waals surface area contributed by atoms with Crippen LogP contribution in [-0.2, 0) is 11.2 Å². The smallest absolute Gasteiger partial charge is 0.269 e. The number of aliphatic hydroxyl groups excluding tert-OH is 1. The van der Waals surface area contributed by atoms with E-state index in [1.165, 1.54) is 12.1 Å². The zero-order valence-electron chi connectivity index (χ0n) is 10.3. The molecular formula is C12H15N3O4. The molecule has 0 unspecified atom stereocenters. The third-order valence-corrected chi connectivity index (χ3v) is 3.04. The molecule has 102 valence electrons. The minimum atomic E-state index is -0.437. The van der Waals surface area contributed by atoms with Crippen molar-refractivity contribution >= 4 is 17.3 Å². The van der Waals surface area contributed by atoms with Gasteiger partial charge in [-0.15, -0.1) is 0 Å². The lowest BCUT2D eigenvalue weighted by molar-refractivity contribution is -0.384. The van der Waals surface area contributed by atoms with Crippen molar-refractivity contribution in [2.45, 2.75) is 6.42 Å². The first-order valence-electron chi connectivity index (χ1n) is 6.02. The van der Waals surface area contributed by atoms with Gasteiger partial charge in [0.2, 0.25) is 5.91 Å². The molecule has 1 aliphatic heterocycles. The number of aliphatic hydroxyl groups is 1. The Morgan fingerprint density at radius 3 is 3.00 bits per heavy atom. The van der Waals surface area contributed by atoms with Crippen LogP contribution in [0.15, 0.2) is 18.2 Å². The van der Waals surface area contributed by atoms with Crippen LogP contribution in [0.1, 0.15) is 5.56 Å². The normalized spacial score (nSPS) is 13.4. The van der Waals surface area contributed by atoms with Gasteiger partial charge in [0.05, 0.1) is 18.1 Å². The third-order valence-electron chi connectivity index (χ3n) is 3.04. The highest BCUT2D eigenvalue weighted by atomic mass is 16.6. The van der Waals surface area contributed by atoms with E-state index in [9.17, 15) is 14.9 Å². The van der Waals surface area contributed by atoms with E-state index in [0.29, 0.717) is 19.5 Å². The molecule has 1 aromatic carbocycles. The van der Waals surface area contributed by atoms with E-state index in [1.54, 1.807) is 11.0 Å². The maximum atomic E-state index is 11.9. The Kier molecular flexibility index (Phi) is 4.08. The summed E-state index contributed by atoms with van der Waals surface area (Å²) >= 11 is 0. The first-order valence-corrected chi connectivity index (χ1v) is 6.02. The number of carbonyl (C=O) groups excluding carboxylic acids is 1. The molecule has 2 N–H and O–H groups in total. The topological polar surface area (TPSA) is 95.7 Å². The average Bonchev–Trinajstić information content (AvgIpc) is 2.81. The number of anilines is 1. The second-order valence-electron chi connectivity index (χ2n) is 4.27. The number of hydrogen-bond donors (Lipinski definition) is 2. The fourth-order valence-corrected chi connectivity index (χ4v) is 2.13. The minimum Gasteiger partial charge on any atom is -0.395 e. The summed E-state index contributed by atoms with van der Waals surface area (Å²) in [6, 6.07) is 4.54. The monoisotopic (exact) mass is 265 g/mol. The van der Waals surface area contributed by atoms with Crippen LogP contribution in [0.4, 0.5) is 11.4 Å². The van der Waals surface area contributed by atoms with Crippen molar-refractivity contribution in [3.63, 3.8) is 0 Å². The lowest BCUT2D eigenvalue weighted by atomic mass is 10.1. The number of non-ortho nitro benzene ring substituents is 1. The van der Waals surface area contributed by atoms with Gasteiger partial charge in [-0.1, -0.05) is 0 Å². The van der Waals surface area contributed by atoms with Crippen LogP contribution in [-0.4, -0.2) is 42.2 Å². The molecule has 0 spiro atoms. The Hall–Kier alpha value is -1.99. The molecule has 0 atom stereocenters. The molecule has 0 saturated heterocycles. The fourth-order valence-electron chi connectivity index (χ4n) is 2.13. The highest BCUT2D eigenvalue weighted by Gasteiger charge is 2.25. The lowest BCUT2D eigenvalue weighted by Crippen LogP contribution is -2.38. The highest BCUT2D eigenvalue weighted by molar-refractivity contribution is 5.96. The SMILES string of the molecule is O=C(CNCCO)N1CCc2cc([N+](=O)[O-])ccc21. The van der Waals surface area contributed by atoms with Gasteiger partial charge in [0.15, 0.2) is 0 Å². The molecular weight excluding hydrogens is 250 g/mol. The molecule has 0 radical (unpaired) electrons. The summed E-state index contributed by atoms with van der Waals surface area (Å²) in [6.07, 6.45) is 0.628. The Bertz CT molecular complexity index is 504. The third kappa shape index (κ3) is 2.88. The van der Waals surface area contributed by atoms with Gasteiger partial charge in [-0.05, 0) is 18.1 Å². The van der Waals surface area contributed by atoms with Crippen molar-refractivity contribution in [3.05, 3.63) is 33.9 Å². The second kappa shape index (κ2) is 5.77. The van der Waals surface area contributed by atoms with Gasteiger partial charge in [0.1, 0.15) is 0 Å². The molecule has 0 aliphatic carbocycles. The summed E-state index contributed by atoms with van der Waals surface area (Å²) in [5, 5.41) is 22.1. The molecule has 7 heteroatoms. The predicted octanol–water partition coefficient (Wildman–Crippen LogP) is 0.0658. The van der Waals surface area contributed by atoms with E-state index in [0.717, 1.165) is 11.3 Å². The van der Waals surface area contributed by atoms with Crippen LogP contribution < -0.4 is 10.2 Å². The number of fused-ring (bicyclic) bond motifs is 1. The van der Waals surface area contributed by atoms with Crippen molar-refractivity contribution < 1.29 is 14.8 Å². The van der Waals surface area contributed by atoms with E-state index in [4.69, 9.17) is 5.11 Å². The summed E-state index contributed by atoms with van der Waals surface area (Å²) in [5.74, 6) is -0.0962. The van der Waals surface area contributed by atoms with Gasteiger partial charge in [0.25, 0.3) is 5.69 Å². The Morgan fingerprint density at radius 1 is 1.53 bits per heavy atom. The highest BCUT2D eigenvalue weighted by Crippen LogP contribution is 2.31. The van der Waals surface area contributed by atoms with Gasteiger partial charge in [-0.25, -0.2) is 0 Å². The molecule has 7 nitrogen and oxygen atoms in total. The maximum absolute atomic E-state index is 11.9. The van der Waals surface area contributed by atoms with E-state index < -0.39 is 4.92 Å². The predicted molar refractivity (Wildman–Crippen MR) is 69.1 cm³/mol. The molecule has 0 bridgehead atoms. The molecule has 1 amide bonds. The van der Waals surface area contributed by atoms with E-state index in [2.05, 4.69) is 5.32 Å². The van der Waals surface area contributed by atoms with Crippen LogP contribution in [0.25, 0.3) is 0 Å². The quantitative estimate of drug-likeness (QED) is 0.446. The minimum absolute atomic E-state index is 0.0178. The van der Waals surface area contributed by atoms with Crippen LogP contribution >= 0.6 is 0 Å². The van der Waals surface area contributed by atoms with Gasteiger partial charge in [-0.3, -0.25) is 14.9 Å². The molecule has 1 aromatic rings. The molecule has 19 heavy (non-hydrogen) atoms. The summed E-state index contributed by atoms with van der Waals surface area (Å²) in [5.41, 5.74) is 1.61. The zero-order valence-corrected chi connectivity index (χ0v) is 10.3. The lowest BCUT2D eigenvalue weighted by Gasteiger charge is -2.17. The van der Waals surface area contributed by atoms with Gasteiger partial charge < -0.3 is 15.3 Å². The van der Waals surface area contributed by atoms with Gasteiger partial charge in [0, 0.05) is 30.9 Å². The number of nitro groups is 1. The molecule has 1 aliphatic rings. The van der Waals surface area contributed by atoms with Crippen molar-refractivity contribution in [2.75, 3.05) is 31.1 Å². The van der Waals surface area contributed by atoms with Crippen LogP contribution in [0.5, 0.6) is 0 Å². The first kappa shape index (κ1) is 13.4. The number of nitrogens with zero attached hydrogens (tertiary/aromatic N) is 2. The standard InChI is InChI=1S/C12H15N3O4/c16-6-4-13-8-12(17)14-5-3-9-7-10(15(18)19)1-2-11(9)14/h1-2,7,13,16H,3-6,8H2. The van der Waals surface area contributed by atoms with Crippen molar-refractivity contribution in [1.29, 1.82) is 0 Å². The number of amides is 1. The maximum Gasteiger partial charge on any atom is 0.269 e. The first-order chi connectivity index (χ1) is 9.13. The van der Waals surface area contributed by atoms with Crippen LogP contribution in [0.3, 0.4) is 0 Å². The summed E-state index contributed by atoms with van der Waals surface area (Å²) in [6.45, 7) is 1.04. The number of rotatable bonds is 5. The van der Waals surface area contributed by atoms with Gasteiger partial charge in [-0.2, -0.15) is 0 Å².